The summed E-state index contributed by atoms with van der Waals surface area (Å²) >= 11 is 0. The molecule has 0 aliphatic rings. The van der Waals surface area contributed by atoms with Gasteiger partial charge in [0.05, 0.1) is 36.6 Å². The lowest BCUT2D eigenvalue weighted by atomic mass is 10.1. The van der Waals surface area contributed by atoms with E-state index in [1.807, 2.05) is 18.2 Å². The molecular formula is C30H32N4O7. The van der Waals surface area contributed by atoms with Gasteiger partial charge in [0.1, 0.15) is 0 Å². The third-order valence-corrected chi connectivity index (χ3v) is 6.84. The minimum absolute atomic E-state index is 0.0408. The predicted octanol–water partition coefficient (Wildman–Crippen LogP) is 3.67. The van der Waals surface area contributed by atoms with Gasteiger partial charge in [-0.1, -0.05) is 30.3 Å². The molecule has 0 saturated heterocycles. The molecule has 1 aromatic heterocycles. The van der Waals surface area contributed by atoms with Crippen molar-refractivity contribution in [2.24, 2.45) is 0 Å². The fourth-order valence-electron chi connectivity index (χ4n) is 4.65. The normalized spacial score (nSPS) is 10.9. The third-order valence-electron chi connectivity index (χ3n) is 6.84. The van der Waals surface area contributed by atoms with E-state index in [-0.39, 0.29) is 36.7 Å². The predicted molar refractivity (Wildman–Crippen MR) is 155 cm³/mol. The fourth-order valence-corrected chi connectivity index (χ4v) is 4.65. The van der Waals surface area contributed by atoms with Crippen LogP contribution in [-0.2, 0) is 24.3 Å². The Bertz CT molecular complexity index is 1660. The summed E-state index contributed by atoms with van der Waals surface area (Å²) in [6.07, 6.45) is 1.87. The Morgan fingerprint density at radius 1 is 0.902 bits per heavy atom. The first-order valence-electron chi connectivity index (χ1n) is 13.3. The van der Waals surface area contributed by atoms with Crippen LogP contribution in [0.4, 0.5) is 5.69 Å². The molecule has 0 spiro atoms. The number of nitrogens with one attached hydrogen (secondary N) is 1. The summed E-state index contributed by atoms with van der Waals surface area (Å²) in [5.41, 5.74) is 1.30. The fraction of sp³-hybridized carbons (Fsp3) is 0.300. The van der Waals surface area contributed by atoms with Gasteiger partial charge in [-0.15, -0.1) is 0 Å². The van der Waals surface area contributed by atoms with Crippen molar-refractivity contribution in [3.63, 3.8) is 0 Å². The molecule has 0 aliphatic heterocycles. The lowest BCUT2D eigenvalue weighted by Crippen LogP contribution is -2.40. The Morgan fingerprint density at radius 2 is 1.61 bits per heavy atom. The number of hydrogen-bond acceptors (Lipinski definition) is 7. The van der Waals surface area contributed by atoms with Crippen LogP contribution < -0.4 is 26.0 Å². The summed E-state index contributed by atoms with van der Waals surface area (Å²) in [6, 6.07) is 18.5. The zero-order chi connectivity index (χ0) is 29.4. The van der Waals surface area contributed by atoms with Crippen molar-refractivity contribution in [2.45, 2.75) is 38.8 Å². The van der Waals surface area contributed by atoms with Gasteiger partial charge in [0.25, 0.3) is 11.2 Å². The highest BCUT2D eigenvalue weighted by molar-refractivity contribution is 5.78. The number of non-ortho nitro benzene ring substituents is 1. The Balaban J connectivity index is 1.37. The highest BCUT2D eigenvalue weighted by Gasteiger charge is 2.14. The highest BCUT2D eigenvalue weighted by Crippen LogP contribution is 2.27. The Labute approximate surface area is 236 Å². The molecule has 0 saturated carbocycles. The number of ether oxygens (including phenoxy) is 2. The van der Waals surface area contributed by atoms with E-state index in [1.165, 1.54) is 21.3 Å². The van der Waals surface area contributed by atoms with E-state index in [1.54, 1.807) is 50.6 Å². The molecule has 0 radical (unpaired) electrons. The number of carbonyl (C=O) groups excluding carboxylic acids is 1. The number of nitro groups is 1. The van der Waals surface area contributed by atoms with Crippen LogP contribution in [0.1, 0.15) is 30.4 Å². The number of unbranched alkanes of at least 4 members (excludes halogenated alkanes) is 1. The van der Waals surface area contributed by atoms with Crippen LogP contribution in [-0.4, -0.2) is 40.7 Å². The molecule has 4 aromatic rings. The van der Waals surface area contributed by atoms with Gasteiger partial charge in [-0.3, -0.25) is 28.8 Å². The number of amides is 1. The van der Waals surface area contributed by atoms with Crippen LogP contribution >= 0.6 is 0 Å². The van der Waals surface area contributed by atoms with Crippen molar-refractivity contribution in [1.82, 2.24) is 14.5 Å². The zero-order valence-corrected chi connectivity index (χ0v) is 23.0. The number of nitro benzene ring substituents is 1. The number of hydrogen-bond donors (Lipinski definition) is 1. The maximum atomic E-state index is 13.4. The lowest BCUT2D eigenvalue weighted by molar-refractivity contribution is -0.384. The average molecular weight is 561 g/mol. The van der Waals surface area contributed by atoms with E-state index < -0.39 is 10.6 Å². The summed E-state index contributed by atoms with van der Waals surface area (Å²) in [5.74, 6) is 1.17. The number of benzene rings is 3. The maximum Gasteiger partial charge on any atom is 0.331 e. The summed E-state index contributed by atoms with van der Waals surface area (Å²) < 4.78 is 13.3. The quantitative estimate of drug-likeness (QED) is 0.150. The van der Waals surface area contributed by atoms with Gasteiger partial charge in [-0.25, -0.2) is 4.79 Å². The summed E-state index contributed by atoms with van der Waals surface area (Å²) in [5, 5.41) is 14.3. The summed E-state index contributed by atoms with van der Waals surface area (Å²) in [4.78, 5) is 49.4. The van der Waals surface area contributed by atoms with Crippen molar-refractivity contribution in [3.05, 3.63) is 109 Å². The summed E-state index contributed by atoms with van der Waals surface area (Å²) in [6.45, 7) is 0.785. The smallest absolute Gasteiger partial charge is 0.331 e. The molecule has 4 rings (SSSR count). The van der Waals surface area contributed by atoms with E-state index in [4.69, 9.17) is 9.47 Å². The molecule has 0 atom stereocenters. The van der Waals surface area contributed by atoms with Crippen molar-refractivity contribution in [2.75, 3.05) is 20.8 Å². The molecule has 0 aliphatic carbocycles. The molecule has 3 aromatic carbocycles. The van der Waals surface area contributed by atoms with Gasteiger partial charge in [0.15, 0.2) is 11.5 Å². The van der Waals surface area contributed by atoms with E-state index in [0.717, 1.165) is 5.56 Å². The van der Waals surface area contributed by atoms with Crippen LogP contribution in [0.15, 0.2) is 76.3 Å². The molecule has 1 amide bonds. The second-order valence-electron chi connectivity index (χ2n) is 9.51. The van der Waals surface area contributed by atoms with Crippen molar-refractivity contribution >= 4 is 22.5 Å². The van der Waals surface area contributed by atoms with E-state index in [0.29, 0.717) is 53.8 Å². The minimum atomic E-state index is -0.482. The van der Waals surface area contributed by atoms with Gasteiger partial charge < -0.3 is 14.8 Å². The Hall–Kier alpha value is -4.93. The van der Waals surface area contributed by atoms with Gasteiger partial charge >= 0.3 is 5.69 Å². The summed E-state index contributed by atoms with van der Waals surface area (Å²) in [7, 11) is 3.15. The number of carbonyl (C=O) groups is 1. The van der Waals surface area contributed by atoms with Crippen molar-refractivity contribution < 1.29 is 19.2 Å². The topological polar surface area (TPSA) is 135 Å². The molecule has 214 valence electrons. The molecule has 1 N–H and O–H groups in total. The van der Waals surface area contributed by atoms with Crippen molar-refractivity contribution in [3.8, 4) is 11.5 Å². The monoisotopic (exact) mass is 560 g/mol. The standard InChI is InChI=1S/C30H32N4O7/c1-40-26-15-12-21(19-27(26)41-2)16-17-31-28(35)9-5-6-18-32-29(36)24-7-3-4-8-25(24)33(30(32)37)20-22-10-13-23(14-11-22)34(38)39/h3-4,7-8,10-15,19H,5-6,9,16-18,20H2,1-2H3,(H,31,35). The number of nitrogens with zero attached hydrogens (tertiary/aromatic N) is 3. The number of fused-ring (bicyclic) bond motifs is 1. The number of rotatable bonds is 13. The lowest BCUT2D eigenvalue weighted by Gasteiger charge is -2.14. The van der Waals surface area contributed by atoms with Crippen LogP contribution in [0.3, 0.4) is 0 Å². The average Bonchev–Trinajstić information content (AvgIpc) is 2.99. The van der Waals surface area contributed by atoms with Crippen LogP contribution in [0.2, 0.25) is 0 Å². The Kier molecular flexibility index (Phi) is 9.51. The molecule has 11 nitrogen and oxygen atoms in total. The third kappa shape index (κ3) is 6.99. The SMILES string of the molecule is COc1ccc(CCNC(=O)CCCCn2c(=O)c3ccccc3n(Cc3ccc([N+](=O)[O-])cc3)c2=O)cc1OC. The number of para-hydroxylation sites is 1. The molecule has 0 fully saturated rings. The number of methoxy groups -OCH3 is 2. The molecule has 41 heavy (non-hydrogen) atoms. The van der Waals surface area contributed by atoms with Gasteiger partial charge in [0.2, 0.25) is 5.91 Å². The first-order chi connectivity index (χ1) is 19.8. The molecule has 1 heterocycles. The molecular weight excluding hydrogens is 528 g/mol. The maximum absolute atomic E-state index is 13.4. The van der Waals surface area contributed by atoms with Crippen molar-refractivity contribution in [1.29, 1.82) is 0 Å². The number of aromatic nitrogens is 2. The first kappa shape index (κ1) is 29.1. The highest BCUT2D eigenvalue weighted by atomic mass is 16.6. The molecule has 0 bridgehead atoms. The molecule has 11 heteroatoms. The van der Waals surface area contributed by atoms with Gasteiger partial charge in [-0.2, -0.15) is 0 Å². The Morgan fingerprint density at radius 3 is 2.32 bits per heavy atom. The van der Waals surface area contributed by atoms with Crippen LogP contribution in [0, 0.1) is 10.1 Å². The largest absolute Gasteiger partial charge is 0.493 e. The van der Waals surface area contributed by atoms with Gasteiger partial charge in [-0.05, 0) is 54.7 Å². The molecule has 0 unspecified atom stereocenters. The van der Waals surface area contributed by atoms with E-state index in [2.05, 4.69) is 5.32 Å². The zero-order valence-electron chi connectivity index (χ0n) is 23.0. The second kappa shape index (κ2) is 13.4. The first-order valence-corrected chi connectivity index (χ1v) is 13.3. The van der Waals surface area contributed by atoms with E-state index in [9.17, 15) is 24.5 Å². The van der Waals surface area contributed by atoms with Crippen LogP contribution in [0.5, 0.6) is 11.5 Å². The minimum Gasteiger partial charge on any atom is -0.493 e. The van der Waals surface area contributed by atoms with Gasteiger partial charge in [0, 0.05) is 31.6 Å². The van der Waals surface area contributed by atoms with E-state index >= 15 is 0 Å². The van der Waals surface area contributed by atoms with Crippen LogP contribution in [0.25, 0.3) is 10.9 Å². The second-order valence-corrected chi connectivity index (χ2v) is 9.51.